The lowest BCUT2D eigenvalue weighted by atomic mass is 9.98. The number of methoxy groups -OCH3 is 2. The zero-order valence-electron chi connectivity index (χ0n) is 37.6. The molecule has 23 heteroatoms. The van der Waals surface area contributed by atoms with Crippen molar-refractivity contribution in [1.82, 2.24) is 36.0 Å². The Morgan fingerprint density at radius 1 is 1.02 bits per heavy atom. The van der Waals surface area contributed by atoms with Crippen LogP contribution in [0, 0.1) is 5.92 Å². The van der Waals surface area contributed by atoms with Gasteiger partial charge in [-0.3, -0.25) is 33.6 Å². The second-order valence-electron chi connectivity index (χ2n) is 16.8. The third-order valence-corrected chi connectivity index (χ3v) is 11.9. The van der Waals surface area contributed by atoms with Gasteiger partial charge in [-0.1, -0.05) is 37.0 Å². The zero-order chi connectivity index (χ0) is 49.0. The second kappa shape index (κ2) is 24.5. The molecule has 1 aromatic rings. The molecule has 366 valence electrons. The molecule has 7 amide bonds. The molecule has 2 saturated heterocycles. The van der Waals surface area contributed by atoms with Crippen LogP contribution in [-0.2, 0) is 49.5 Å². The van der Waals surface area contributed by atoms with Gasteiger partial charge in [0, 0.05) is 63.9 Å². The number of halogens is 6. The Hall–Kier alpha value is -4.31. The number of carbonyl (C=O) groups excluding carboxylic acids is 7. The minimum absolute atomic E-state index is 0.0280. The summed E-state index contributed by atoms with van der Waals surface area (Å²) < 4.78 is 66.0. The number of nitrogens with zero attached hydrogens (tertiary/aromatic N) is 3. The molecule has 8 atom stereocenters. The van der Waals surface area contributed by atoms with Crippen LogP contribution in [0.1, 0.15) is 71.8 Å². The molecule has 0 saturated carbocycles. The molecule has 1 aromatic carbocycles. The Labute approximate surface area is 385 Å². The van der Waals surface area contributed by atoms with Crippen molar-refractivity contribution in [2.24, 2.45) is 5.92 Å². The van der Waals surface area contributed by atoms with Gasteiger partial charge in [0.25, 0.3) is 5.91 Å². The second-order valence-corrected chi connectivity index (χ2v) is 17.6. The quantitative estimate of drug-likeness (QED) is 0.162. The van der Waals surface area contributed by atoms with Crippen molar-refractivity contribution in [3.63, 3.8) is 0 Å². The summed E-state index contributed by atoms with van der Waals surface area (Å²) in [6.07, 6.45) is -7.98. The van der Waals surface area contributed by atoms with Gasteiger partial charge in [-0.2, -0.15) is 13.2 Å². The molecule has 17 nitrogen and oxygen atoms in total. The summed E-state index contributed by atoms with van der Waals surface area (Å²) in [4.78, 5) is 100. The van der Waals surface area contributed by atoms with Crippen LogP contribution in [0.5, 0.6) is 0 Å². The highest BCUT2D eigenvalue weighted by Crippen LogP contribution is 2.34. The Morgan fingerprint density at radius 2 is 1.68 bits per heavy atom. The number of amides is 7. The number of aliphatic hydroxyl groups is 1. The molecule has 3 rings (SSSR count). The van der Waals surface area contributed by atoms with Crippen LogP contribution in [0.4, 0.5) is 17.6 Å². The van der Waals surface area contributed by atoms with E-state index in [9.17, 15) is 56.2 Å². The van der Waals surface area contributed by atoms with E-state index in [4.69, 9.17) is 32.7 Å². The summed E-state index contributed by atoms with van der Waals surface area (Å²) in [6, 6.07) is -3.84. The molecule has 0 spiro atoms. The third-order valence-electron chi connectivity index (χ3n) is 11.3. The monoisotopic (exact) mass is 969 g/mol. The number of hydrogen-bond acceptors (Lipinski definition) is 10. The fourth-order valence-electron chi connectivity index (χ4n) is 7.67. The number of alkyl halides is 4. The zero-order valence-corrected chi connectivity index (χ0v) is 39.1. The lowest BCUT2D eigenvalue weighted by Gasteiger charge is -2.36. The van der Waals surface area contributed by atoms with Crippen molar-refractivity contribution < 1.29 is 65.7 Å². The Morgan fingerprint density at radius 3 is 2.28 bits per heavy atom. The number of benzene rings is 1. The van der Waals surface area contributed by atoms with Gasteiger partial charge in [0.05, 0.1) is 13.2 Å². The van der Waals surface area contributed by atoms with E-state index in [0.717, 1.165) is 9.80 Å². The van der Waals surface area contributed by atoms with Gasteiger partial charge in [0.15, 0.2) is 0 Å². The molecule has 0 radical (unpaired) electrons. The Bertz CT molecular complexity index is 1860. The van der Waals surface area contributed by atoms with Crippen LogP contribution in [0.3, 0.4) is 0 Å². The summed E-state index contributed by atoms with van der Waals surface area (Å²) in [6.45, 7) is 3.97. The van der Waals surface area contributed by atoms with E-state index >= 15 is 0 Å². The molecule has 2 aliphatic rings. The van der Waals surface area contributed by atoms with E-state index in [-0.39, 0.29) is 87.6 Å². The fourth-order valence-corrected chi connectivity index (χ4v) is 8.06. The van der Waals surface area contributed by atoms with E-state index in [2.05, 4.69) is 21.3 Å². The van der Waals surface area contributed by atoms with Crippen molar-refractivity contribution in [3.8, 4) is 0 Å². The van der Waals surface area contributed by atoms with Crippen molar-refractivity contribution >= 4 is 64.6 Å². The van der Waals surface area contributed by atoms with Crippen LogP contribution < -0.4 is 21.3 Å². The molecular weight excluding hydrogens is 909 g/mol. The number of nitrogens with one attached hydrogen (secondary N) is 4. The van der Waals surface area contributed by atoms with Gasteiger partial charge in [-0.05, 0) is 75.6 Å². The van der Waals surface area contributed by atoms with Gasteiger partial charge in [0.2, 0.25) is 41.0 Å². The maximum atomic E-state index is 14.7. The summed E-state index contributed by atoms with van der Waals surface area (Å²) in [5.41, 5.74) is -3.55. The highest BCUT2D eigenvalue weighted by Gasteiger charge is 2.59. The molecule has 2 heterocycles. The number of likely N-dealkylation sites (N-methyl/N-ethyl adjacent to an activating group) is 2. The minimum atomic E-state index is -5.46. The first-order valence-electron chi connectivity index (χ1n) is 21.3. The summed E-state index contributed by atoms with van der Waals surface area (Å²) in [7, 11) is 4.00. The number of carbonyl (C=O) groups is 7. The average Bonchev–Trinajstić information content (AvgIpc) is 3.63. The predicted molar refractivity (Wildman–Crippen MR) is 230 cm³/mol. The van der Waals surface area contributed by atoms with Crippen molar-refractivity contribution in [1.29, 1.82) is 0 Å². The first kappa shape index (κ1) is 55.0. The number of hydrogen-bond donors (Lipinski definition) is 5. The van der Waals surface area contributed by atoms with E-state index < -0.39 is 109 Å². The van der Waals surface area contributed by atoms with Gasteiger partial charge in [-0.15, -0.1) is 0 Å². The van der Waals surface area contributed by atoms with Gasteiger partial charge >= 0.3 is 6.18 Å². The third kappa shape index (κ3) is 14.6. The van der Waals surface area contributed by atoms with Crippen molar-refractivity contribution in [3.05, 3.63) is 33.8 Å². The maximum absolute atomic E-state index is 14.7. The largest absolute Gasteiger partial charge is 0.426 e. The molecule has 5 N–H and O–H groups in total. The molecule has 0 aromatic heterocycles. The molecule has 2 aliphatic heterocycles. The summed E-state index contributed by atoms with van der Waals surface area (Å²) in [5.74, 6) is -7.00. The Balaban J connectivity index is 2.06. The molecule has 2 fully saturated rings. The van der Waals surface area contributed by atoms with Crippen LogP contribution in [0.25, 0.3) is 0 Å². The lowest BCUT2D eigenvalue weighted by Crippen LogP contribution is -2.62. The van der Waals surface area contributed by atoms with Crippen molar-refractivity contribution in [2.75, 3.05) is 54.1 Å². The molecule has 65 heavy (non-hydrogen) atoms. The fraction of sp³-hybridized carbons (Fsp3) is 0.690. The smallest absolute Gasteiger partial charge is 0.385 e. The predicted octanol–water partition coefficient (Wildman–Crippen LogP) is 2.32. The number of likely N-dealkylation sites (tertiary alicyclic amines) is 1. The van der Waals surface area contributed by atoms with E-state index in [1.807, 2.05) is 0 Å². The lowest BCUT2D eigenvalue weighted by molar-refractivity contribution is -0.250. The minimum Gasteiger partial charge on any atom is -0.385 e. The van der Waals surface area contributed by atoms with Gasteiger partial charge < -0.3 is 50.5 Å². The maximum Gasteiger partial charge on any atom is 0.426 e. The Kier molecular flexibility index (Phi) is 20.7. The topological polar surface area (TPSA) is 216 Å². The van der Waals surface area contributed by atoms with Crippen molar-refractivity contribution in [2.45, 2.75) is 127 Å². The standard InChI is InChI=1S/C42H61Cl2F4N7O10/c1-8-54(39(61)28(14-16-64-6)50-37(59)33-20-26(45)21-55(33)40(62)41(4,63)42(46,47)48)31-11-9-10-15-49-34(56)30(22-65-7)52-36(58)32(19-24-18-25(43)12-13-27(24)44)53(5)38(60)29(17-23(2)3)51-35(31)57/h12-13,18,23,26,28-33,63H,8-11,14-17,19-22H2,1-7H3,(H,49,56)(H,50,59)(H,51,57)(H,52,58)/t26-,28+,29+,30-,31+,32+,33+,41-/m1/s1. The first-order valence-corrected chi connectivity index (χ1v) is 22.1. The van der Waals surface area contributed by atoms with E-state index in [1.165, 1.54) is 33.4 Å². The van der Waals surface area contributed by atoms with Crippen LogP contribution >= 0.6 is 23.2 Å². The van der Waals surface area contributed by atoms with Crippen LogP contribution in [0.15, 0.2) is 18.2 Å². The van der Waals surface area contributed by atoms with E-state index in [1.54, 1.807) is 26.8 Å². The SMILES string of the molecule is CCN(C(=O)[C@H](CCOC)NC(=O)[C@@H]1C[C@@H](F)CN1C(=O)[C@@](C)(O)C(F)(F)F)[C@H]1CCCCNC(=O)[C@@H](COC)NC(=O)[C@H](Cc2cc(Cl)ccc2Cl)N(C)C(=O)[C@H](CC(C)C)NC1=O. The highest BCUT2D eigenvalue weighted by atomic mass is 35.5. The number of ether oxygens (including phenoxy) is 2. The summed E-state index contributed by atoms with van der Waals surface area (Å²) >= 11 is 12.8. The average molecular weight is 971 g/mol. The summed E-state index contributed by atoms with van der Waals surface area (Å²) in [5, 5.41) is 21.3. The van der Waals surface area contributed by atoms with Gasteiger partial charge in [0.1, 0.15) is 42.4 Å². The highest BCUT2D eigenvalue weighted by molar-refractivity contribution is 6.33. The van der Waals surface area contributed by atoms with Crippen LogP contribution in [0.2, 0.25) is 10.0 Å². The number of rotatable bonds is 15. The van der Waals surface area contributed by atoms with Crippen LogP contribution in [-0.4, -0.2) is 169 Å². The molecular formula is C42H61Cl2F4N7O10. The van der Waals surface area contributed by atoms with E-state index in [0.29, 0.717) is 10.6 Å². The van der Waals surface area contributed by atoms with Gasteiger partial charge in [-0.25, -0.2) is 4.39 Å². The normalized spacial score (nSPS) is 24.5. The molecule has 0 bridgehead atoms. The molecule has 0 aliphatic carbocycles. The first-order chi connectivity index (χ1) is 30.4. The molecule has 0 unspecified atom stereocenters.